The van der Waals surface area contributed by atoms with Crippen molar-refractivity contribution in [3.8, 4) is 0 Å². The van der Waals surface area contributed by atoms with Crippen LogP contribution in [0.5, 0.6) is 0 Å². The Labute approximate surface area is 281 Å². The third-order valence-corrected chi connectivity index (χ3v) is 10.8. The van der Waals surface area contributed by atoms with Crippen molar-refractivity contribution in [3.63, 3.8) is 0 Å². The summed E-state index contributed by atoms with van der Waals surface area (Å²) in [6.07, 6.45) is 7.66. The topological polar surface area (TPSA) is 177 Å². The van der Waals surface area contributed by atoms with Gasteiger partial charge in [0.1, 0.15) is 24.2 Å². The van der Waals surface area contributed by atoms with Crippen LogP contribution in [0.25, 0.3) is 0 Å². The molecule has 4 atom stereocenters. The number of primary amides is 1. The van der Waals surface area contributed by atoms with Gasteiger partial charge in [-0.05, 0) is 59.8 Å². The number of hydrogen-bond donors (Lipinski definition) is 4. The molecule has 47 heavy (non-hydrogen) atoms. The highest BCUT2D eigenvalue weighted by Gasteiger charge is 2.48. The minimum absolute atomic E-state index is 0.111. The van der Waals surface area contributed by atoms with Crippen LogP contribution >= 0.6 is 11.3 Å². The van der Waals surface area contributed by atoms with E-state index >= 15 is 0 Å². The number of hydrogen-bond acceptors (Lipinski definition) is 8. The molecule has 12 nitrogen and oxygen atoms in total. The first kappa shape index (κ1) is 36.4. The van der Waals surface area contributed by atoms with Crippen molar-refractivity contribution in [1.82, 2.24) is 20.9 Å². The van der Waals surface area contributed by atoms with E-state index in [0.717, 1.165) is 44.1 Å². The Bertz CT molecular complexity index is 1300. The average molecular weight is 674 g/mol. The lowest BCUT2D eigenvalue weighted by Crippen LogP contribution is -2.64. The maximum atomic E-state index is 14.3. The highest BCUT2D eigenvalue weighted by molar-refractivity contribution is 7.07. The molecule has 4 rings (SSSR count). The van der Waals surface area contributed by atoms with E-state index in [1.165, 1.54) is 16.2 Å². The number of urea groups is 1. The molecule has 0 aromatic carbocycles. The Morgan fingerprint density at radius 3 is 2.30 bits per heavy atom. The van der Waals surface area contributed by atoms with Gasteiger partial charge < -0.3 is 31.3 Å². The van der Waals surface area contributed by atoms with Crippen molar-refractivity contribution in [2.24, 2.45) is 23.0 Å². The van der Waals surface area contributed by atoms with E-state index in [1.807, 2.05) is 44.5 Å². The zero-order valence-electron chi connectivity index (χ0n) is 28.1. The number of nitrogens with zero attached hydrogens (tertiary/aromatic N) is 1. The molecule has 1 saturated heterocycles. The van der Waals surface area contributed by atoms with Gasteiger partial charge in [0.15, 0.2) is 0 Å². The molecular formula is C34H51N5O7S. The molecule has 1 aromatic heterocycles. The molecule has 5 amide bonds. The lowest BCUT2D eigenvalue weighted by atomic mass is 9.80. The number of esters is 1. The molecule has 2 saturated carbocycles. The number of thiophene rings is 1. The average Bonchev–Trinajstić information content (AvgIpc) is 3.69. The number of amides is 5. The fraction of sp³-hybridized carbons (Fsp3) is 0.706. The first-order valence-electron chi connectivity index (χ1n) is 17.0. The first-order valence-corrected chi connectivity index (χ1v) is 17.9. The second kappa shape index (κ2) is 15.6. The number of likely N-dealkylation sites (tertiary alicyclic amines) is 1. The largest absolute Gasteiger partial charge is 0.459 e. The van der Waals surface area contributed by atoms with Crippen molar-refractivity contribution < 1.29 is 33.5 Å². The van der Waals surface area contributed by atoms with Crippen LogP contribution in [0.1, 0.15) is 104 Å². The number of carbonyl (C=O) groups excluding carboxylic acids is 6. The Kier molecular flexibility index (Phi) is 12.1. The summed E-state index contributed by atoms with van der Waals surface area (Å²) in [5.41, 5.74) is 4.23. The number of carbonyl (C=O) groups is 6. The molecule has 1 aromatic rings. The summed E-state index contributed by atoms with van der Waals surface area (Å²) < 4.78 is 5.65. The quantitative estimate of drug-likeness (QED) is 0.183. The van der Waals surface area contributed by atoms with Gasteiger partial charge in [-0.2, -0.15) is 11.3 Å². The van der Waals surface area contributed by atoms with Gasteiger partial charge in [0.05, 0.1) is 6.04 Å². The predicted octanol–water partition coefficient (Wildman–Crippen LogP) is 3.56. The minimum atomic E-state index is -1.21. The number of rotatable bonds is 13. The van der Waals surface area contributed by atoms with Crippen molar-refractivity contribution in [2.75, 3.05) is 6.54 Å². The van der Waals surface area contributed by atoms with Crippen LogP contribution in [-0.4, -0.2) is 70.6 Å². The molecule has 0 radical (unpaired) electrons. The Morgan fingerprint density at radius 2 is 1.74 bits per heavy atom. The van der Waals surface area contributed by atoms with Gasteiger partial charge >= 0.3 is 12.0 Å². The molecular weight excluding hydrogens is 622 g/mol. The second-order valence-corrected chi connectivity index (χ2v) is 15.3. The van der Waals surface area contributed by atoms with E-state index in [2.05, 4.69) is 16.0 Å². The summed E-state index contributed by atoms with van der Waals surface area (Å²) in [6.45, 7) is 7.81. The Hall–Kier alpha value is -3.48. The van der Waals surface area contributed by atoms with Gasteiger partial charge in [-0.15, -0.1) is 0 Å². The van der Waals surface area contributed by atoms with E-state index in [1.54, 1.807) is 0 Å². The number of nitrogens with one attached hydrogen (secondary N) is 3. The van der Waals surface area contributed by atoms with Crippen LogP contribution in [0.2, 0.25) is 0 Å². The second-order valence-electron chi connectivity index (χ2n) is 14.5. The lowest BCUT2D eigenvalue weighted by Gasteiger charge is -2.39. The van der Waals surface area contributed by atoms with Crippen LogP contribution in [0.15, 0.2) is 16.8 Å². The highest BCUT2D eigenvalue weighted by Crippen LogP contribution is 2.34. The maximum Gasteiger partial charge on any atom is 0.332 e. The van der Waals surface area contributed by atoms with E-state index < -0.39 is 64.6 Å². The summed E-state index contributed by atoms with van der Waals surface area (Å²) in [6, 6.07) is -1.75. The van der Waals surface area contributed by atoms with Crippen molar-refractivity contribution >= 4 is 46.8 Å². The smallest absolute Gasteiger partial charge is 0.332 e. The molecule has 2 heterocycles. The molecule has 2 aliphatic carbocycles. The van der Waals surface area contributed by atoms with Crippen LogP contribution in [0.3, 0.4) is 0 Å². The normalized spacial score (nSPS) is 22.3. The van der Waals surface area contributed by atoms with E-state index in [4.69, 9.17) is 10.5 Å². The van der Waals surface area contributed by atoms with Crippen molar-refractivity contribution in [3.05, 3.63) is 22.4 Å². The molecule has 1 unspecified atom stereocenters. The fourth-order valence-corrected chi connectivity index (χ4v) is 7.66. The first-order chi connectivity index (χ1) is 22.3. The van der Waals surface area contributed by atoms with Gasteiger partial charge in [-0.1, -0.05) is 72.6 Å². The molecule has 3 aliphatic rings. The number of nitrogens with two attached hydrogens (primary N) is 1. The van der Waals surface area contributed by atoms with E-state index in [9.17, 15) is 28.8 Å². The molecule has 0 spiro atoms. The Morgan fingerprint density at radius 1 is 1.04 bits per heavy atom. The van der Waals surface area contributed by atoms with Crippen molar-refractivity contribution in [1.29, 1.82) is 0 Å². The number of ether oxygens (including phenoxy) is 1. The van der Waals surface area contributed by atoms with Gasteiger partial charge in [0.25, 0.3) is 5.91 Å². The summed E-state index contributed by atoms with van der Waals surface area (Å²) in [4.78, 5) is 81.1. The molecule has 0 bridgehead atoms. The molecule has 5 N–H and O–H groups in total. The molecule has 1 aliphatic heterocycles. The third-order valence-electron chi connectivity index (χ3n) is 10.1. The highest BCUT2D eigenvalue weighted by atomic mass is 32.1. The van der Waals surface area contributed by atoms with Crippen LogP contribution < -0.4 is 21.7 Å². The van der Waals surface area contributed by atoms with E-state index in [0.29, 0.717) is 38.6 Å². The summed E-state index contributed by atoms with van der Waals surface area (Å²) >= 11 is 1.51. The Balaban J connectivity index is 1.49. The van der Waals surface area contributed by atoms with Gasteiger partial charge in [0, 0.05) is 12.1 Å². The molecule has 3 fully saturated rings. The van der Waals surface area contributed by atoms with Crippen LogP contribution in [0.4, 0.5) is 4.79 Å². The SMILES string of the molecule is CC[C@H]1CCN(C(=O)[C@@H](NC(=O)NC2(C(=O)OCc3ccsc3)CCCCC2)C(C)(C)C)[C@@H]1C(=O)NC(CC1CCC1)C(=O)C(N)=O. The monoisotopic (exact) mass is 673 g/mol. The van der Waals surface area contributed by atoms with Crippen LogP contribution in [0, 0.1) is 17.3 Å². The van der Waals surface area contributed by atoms with Crippen LogP contribution in [-0.2, 0) is 35.3 Å². The summed E-state index contributed by atoms with van der Waals surface area (Å²) in [7, 11) is 0. The standard InChI is InChI=1S/C34H51N5O7S/c1-5-23-12-16-39(25(23)29(42)36-24(26(40)28(35)41)18-21-10-9-11-21)30(43)27(33(2,3)4)37-32(45)38-34(14-7-6-8-15-34)31(44)46-19-22-13-17-47-20-22/h13,17,20-21,23-25,27H,5-12,14-16,18-19H2,1-4H3,(H2,35,41)(H,36,42)(H2,37,38,45)/t23-,24?,25-,27+/m0/s1. The minimum Gasteiger partial charge on any atom is -0.459 e. The third kappa shape index (κ3) is 8.91. The summed E-state index contributed by atoms with van der Waals surface area (Å²) in [5, 5.41) is 12.3. The summed E-state index contributed by atoms with van der Waals surface area (Å²) in [5.74, 6) is -3.33. The lowest BCUT2D eigenvalue weighted by molar-refractivity contribution is -0.154. The van der Waals surface area contributed by atoms with E-state index in [-0.39, 0.29) is 18.4 Å². The predicted molar refractivity (Wildman–Crippen MR) is 177 cm³/mol. The van der Waals surface area contributed by atoms with Gasteiger partial charge in [0.2, 0.25) is 17.6 Å². The zero-order valence-corrected chi connectivity index (χ0v) is 28.9. The van der Waals surface area contributed by atoms with Gasteiger partial charge in [-0.3, -0.25) is 19.2 Å². The van der Waals surface area contributed by atoms with Crippen molar-refractivity contribution in [2.45, 2.75) is 129 Å². The fourth-order valence-electron chi connectivity index (χ4n) is 7.01. The zero-order chi connectivity index (χ0) is 34.4. The number of Topliss-reactive ketones (excluding diaryl/α,β-unsaturated/α-hetero) is 1. The molecule has 13 heteroatoms. The number of ketones is 1. The molecule has 260 valence electrons. The maximum absolute atomic E-state index is 14.3. The van der Waals surface area contributed by atoms with Gasteiger partial charge in [-0.25, -0.2) is 9.59 Å².